The third-order valence-electron chi connectivity index (χ3n) is 14.6. The maximum absolute atomic E-state index is 12.5. The molecule has 1 amide bonds. The fourth-order valence-electron chi connectivity index (χ4n) is 9.69. The molecule has 0 radical (unpaired) electrons. The molecule has 74 heavy (non-hydrogen) atoms. The van der Waals surface area contributed by atoms with Crippen molar-refractivity contribution in [3.05, 3.63) is 97.2 Å². The van der Waals surface area contributed by atoms with Crippen molar-refractivity contribution in [2.24, 2.45) is 0 Å². The Labute approximate surface area is 462 Å². The van der Waals surface area contributed by atoms with E-state index in [2.05, 4.69) is 104 Å². The van der Waals surface area contributed by atoms with Gasteiger partial charge in [0.15, 0.2) is 0 Å². The molecule has 428 valence electrons. The molecule has 0 fully saturated rings. The first-order chi connectivity index (χ1) is 36.7. The van der Waals surface area contributed by atoms with Crippen molar-refractivity contribution in [3.63, 3.8) is 0 Å². The summed E-state index contributed by atoms with van der Waals surface area (Å²) in [5.74, 6) is -0.0619. The van der Waals surface area contributed by atoms with Crippen LogP contribution in [0.5, 0.6) is 0 Å². The molecule has 3 N–H and O–H groups in total. The maximum Gasteiger partial charge on any atom is 0.220 e. The highest BCUT2D eigenvalue weighted by Gasteiger charge is 2.18. The highest BCUT2D eigenvalue weighted by molar-refractivity contribution is 5.76. The van der Waals surface area contributed by atoms with Crippen LogP contribution < -0.4 is 5.32 Å². The van der Waals surface area contributed by atoms with Gasteiger partial charge in [-0.3, -0.25) is 4.79 Å². The average Bonchev–Trinajstić information content (AvgIpc) is 3.40. The van der Waals surface area contributed by atoms with Crippen molar-refractivity contribution in [2.45, 2.75) is 334 Å². The van der Waals surface area contributed by atoms with Crippen LogP contribution in [0.15, 0.2) is 97.2 Å². The predicted octanol–water partition coefficient (Wildman–Crippen LogP) is 22.0. The topological polar surface area (TPSA) is 69.6 Å². The van der Waals surface area contributed by atoms with Crippen LogP contribution >= 0.6 is 0 Å². The van der Waals surface area contributed by atoms with Crippen LogP contribution in [0.3, 0.4) is 0 Å². The van der Waals surface area contributed by atoms with Gasteiger partial charge in [-0.2, -0.15) is 0 Å². The third kappa shape index (κ3) is 60.2. The minimum absolute atomic E-state index is 0.0619. The molecule has 0 spiro atoms. The molecule has 0 saturated heterocycles. The van der Waals surface area contributed by atoms with Gasteiger partial charge >= 0.3 is 0 Å². The molecule has 0 aromatic heterocycles. The summed E-state index contributed by atoms with van der Waals surface area (Å²) in [6.07, 6.45) is 96.0. The van der Waals surface area contributed by atoms with Crippen LogP contribution in [0.1, 0.15) is 322 Å². The van der Waals surface area contributed by atoms with Crippen molar-refractivity contribution < 1.29 is 15.0 Å². The third-order valence-corrected chi connectivity index (χ3v) is 14.6. The fraction of sp³-hybridized carbons (Fsp3) is 0.757. The summed E-state index contributed by atoms with van der Waals surface area (Å²) in [6, 6.07) is -0.627. The second kappa shape index (κ2) is 64.6. The summed E-state index contributed by atoms with van der Waals surface area (Å²) in [5, 5.41) is 23.3. The first kappa shape index (κ1) is 71.3. The molecule has 0 heterocycles. The van der Waals surface area contributed by atoms with Crippen molar-refractivity contribution >= 4 is 5.91 Å². The molecular weight excluding hydrogens is 903 g/mol. The van der Waals surface area contributed by atoms with E-state index in [1.165, 1.54) is 231 Å². The summed E-state index contributed by atoms with van der Waals surface area (Å²) in [7, 11) is 0. The summed E-state index contributed by atoms with van der Waals surface area (Å²) < 4.78 is 0. The first-order valence-corrected chi connectivity index (χ1v) is 32.5. The molecule has 0 aliphatic rings. The predicted molar refractivity (Wildman–Crippen MR) is 331 cm³/mol. The Bertz CT molecular complexity index is 1350. The van der Waals surface area contributed by atoms with Crippen LogP contribution in [0.2, 0.25) is 0 Å². The Balaban J connectivity index is 3.49. The summed E-state index contributed by atoms with van der Waals surface area (Å²) in [4.78, 5) is 12.5. The molecule has 2 unspecified atom stereocenters. The number of nitrogens with one attached hydrogen (secondary N) is 1. The smallest absolute Gasteiger partial charge is 0.220 e. The Kier molecular flexibility index (Phi) is 62.2. The van der Waals surface area contributed by atoms with Crippen LogP contribution in [-0.4, -0.2) is 34.9 Å². The standard InChI is InChI=1S/C70H125NO3/c1-3-5-7-9-11-13-15-17-19-21-23-25-27-28-29-30-31-32-33-34-35-36-37-38-39-40-41-42-44-46-48-50-52-54-56-58-60-62-64-66-70(74)71-68(67-72)69(73)65-63-61-59-57-55-53-51-49-47-45-43-26-24-22-20-18-16-14-12-10-8-6-4-2/h5,7,11,13,17,19,23,25,28-29,31-32,34-35,63,65,68-69,72-73H,3-4,6,8-10,12,14-16,18,20-22,24,26-27,30,33,36-62,64,66-67H2,1-2H3,(H,71,74)/b7-5-,13-11-,19-17-,25-23-,29-28-,32-31-,35-34-,65-63+. The SMILES string of the molecule is CC/C=C\C/C=C\C/C=C\C/C=C\C/C=C\C/C=C\C/C=C\CCCCCCCCCCCCCCCCCCCC(=O)NC(CO)C(O)/C=C/CCCCCCCCCCCCCCCCCCCCCCC. The highest BCUT2D eigenvalue weighted by Crippen LogP contribution is 2.17. The molecule has 0 saturated carbocycles. The minimum Gasteiger partial charge on any atom is -0.394 e. The van der Waals surface area contributed by atoms with Gasteiger partial charge in [-0.1, -0.05) is 336 Å². The lowest BCUT2D eigenvalue weighted by molar-refractivity contribution is -0.123. The molecule has 0 aliphatic heterocycles. The van der Waals surface area contributed by atoms with E-state index in [1.807, 2.05) is 6.08 Å². The molecule has 0 aliphatic carbocycles. The zero-order chi connectivity index (χ0) is 53.4. The Morgan fingerprint density at radius 1 is 0.338 bits per heavy atom. The fourth-order valence-corrected chi connectivity index (χ4v) is 9.69. The molecule has 0 rings (SSSR count). The number of rotatable bonds is 59. The van der Waals surface area contributed by atoms with Crippen molar-refractivity contribution in [2.75, 3.05) is 6.61 Å². The van der Waals surface area contributed by atoms with E-state index in [-0.39, 0.29) is 12.5 Å². The molecule has 4 heteroatoms. The van der Waals surface area contributed by atoms with Crippen LogP contribution in [-0.2, 0) is 4.79 Å². The van der Waals surface area contributed by atoms with Gasteiger partial charge in [0.05, 0.1) is 18.8 Å². The van der Waals surface area contributed by atoms with Gasteiger partial charge in [0.2, 0.25) is 5.91 Å². The van der Waals surface area contributed by atoms with Crippen molar-refractivity contribution in [1.29, 1.82) is 0 Å². The van der Waals surface area contributed by atoms with E-state index < -0.39 is 12.1 Å². The molecule has 4 nitrogen and oxygen atoms in total. The molecule has 0 aromatic rings. The number of allylic oxidation sites excluding steroid dienone is 15. The molecule has 2 atom stereocenters. The van der Waals surface area contributed by atoms with Gasteiger partial charge in [-0.25, -0.2) is 0 Å². The minimum atomic E-state index is -0.844. The lowest BCUT2D eigenvalue weighted by atomic mass is 10.0. The normalized spacial score (nSPS) is 13.4. The van der Waals surface area contributed by atoms with E-state index in [0.29, 0.717) is 6.42 Å². The number of aliphatic hydroxyl groups excluding tert-OH is 2. The zero-order valence-corrected chi connectivity index (χ0v) is 49.3. The van der Waals surface area contributed by atoms with Gasteiger partial charge in [0.1, 0.15) is 0 Å². The van der Waals surface area contributed by atoms with Gasteiger partial charge in [0.25, 0.3) is 0 Å². The number of aliphatic hydroxyl groups is 2. The van der Waals surface area contributed by atoms with Crippen LogP contribution in [0.25, 0.3) is 0 Å². The van der Waals surface area contributed by atoms with Gasteiger partial charge in [0, 0.05) is 6.42 Å². The Morgan fingerprint density at radius 3 is 0.892 bits per heavy atom. The van der Waals surface area contributed by atoms with Crippen LogP contribution in [0.4, 0.5) is 0 Å². The van der Waals surface area contributed by atoms with E-state index in [1.54, 1.807) is 6.08 Å². The summed E-state index contributed by atoms with van der Waals surface area (Å²) >= 11 is 0. The van der Waals surface area contributed by atoms with E-state index in [9.17, 15) is 15.0 Å². The average molecular weight is 1030 g/mol. The van der Waals surface area contributed by atoms with E-state index >= 15 is 0 Å². The number of hydrogen-bond acceptors (Lipinski definition) is 3. The molecule has 0 bridgehead atoms. The summed E-state index contributed by atoms with van der Waals surface area (Å²) in [5.41, 5.74) is 0. The number of carbonyl (C=O) groups is 1. The quantitative estimate of drug-likeness (QED) is 0.0420. The molecule has 0 aromatic carbocycles. The van der Waals surface area contributed by atoms with Gasteiger partial charge in [-0.15, -0.1) is 0 Å². The van der Waals surface area contributed by atoms with E-state index in [4.69, 9.17) is 0 Å². The Hall–Kier alpha value is -2.69. The first-order valence-electron chi connectivity index (χ1n) is 32.5. The lowest BCUT2D eigenvalue weighted by Gasteiger charge is -2.20. The monoisotopic (exact) mass is 1030 g/mol. The lowest BCUT2D eigenvalue weighted by Crippen LogP contribution is -2.45. The Morgan fingerprint density at radius 2 is 0.595 bits per heavy atom. The maximum atomic E-state index is 12.5. The molecular formula is C70H125NO3. The van der Waals surface area contributed by atoms with Crippen molar-refractivity contribution in [1.82, 2.24) is 5.32 Å². The van der Waals surface area contributed by atoms with Crippen molar-refractivity contribution in [3.8, 4) is 0 Å². The highest BCUT2D eigenvalue weighted by atomic mass is 16.3. The van der Waals surface area contributed by atoms with E-state index in [0.717, 1.165) is 70.6 Å². The second-order valence-electron chi connectivity index (χ2n) is 21.8. The largest absolute Gasteiger partial charge is 0.394 e. The number of carbonyl (C=O) groups excluding carboxylic acids is 1. The number of amides is 1. The number of unbranched alkanes of at least 4 members (excludes halogenated alkanes) is 38. The zero-order valence-electron chi connectivity index (χ0n) is 49.3. The van der Waals surface area contributed by atoms with Gasteiger partial charge < -0.3 is 15.5 Å². The number of hydrogen-bond donors (Lipinski definition) is 3. The second-order valence-corrected chi connectivity index (χ2v) is 21.8. The van der Waals surface area contributed by atoms with Gasteiger partial charge in [-0.05, 0) is 77.0 Å². The van der Waals surface area contributed by atoms with Crippen LogP contribution in [0, 0.1) is 0 Å². The summed E-state index contributed by atoms with van der Waals surface area (Å²) in [6.45, 7) is 4.22.